The molecule has 0 amide bonds. The molecule has 0 aromatic rings. The zero-order valence-corrected chi connectivity index (χ0v) is 8.34. The van der Waals surface area contributed by atoms with Crippen LogP contribution in [-0.2, 0) is 10.1 Å². The van der Waals surface area contributed by atoms with Gasteiger partial charge in [-0.25, -0.2) is 0 Å². The third-order valence-electron chi connectivity index (χ3n) is 0.709. The maximum Gasteiger partial charge on any atom is 0.265 e. The molecule has 0 aliphatic heterocycles. The van der Waals surface area contributed by atoms with E-state index >= 15 is 0 Å². The van der Waals surface area contributed by atoms with Crippen LogP contribution < -0.4 is 5.73 Å². The topological polar surface area (TPSA) is 80.4 Å². The monoisotopic (exact) mass is 217 g/mol. The average molecular weight is 217 g/mol. The van der Waals surface area contributed by atoms with Gasteiger partial charge in [0.2, 0.25) is 0 Å². The molecule has 3 N–H and O–H groups in total. The van der Waals surface area contributed by atoms with Gasteiger partial charge in [-0.3, -0.25) is 4.55 Å². The first kappa shape index (κ1) is 11.6. The molecule has 0 aromatic carbocycles. The number of rotatable bonds is 6. The maximum atomic E-state index is 10.2. The molecule has 0 bridgehead atoms. The molecule has 4 nitrogen and oxygen atoms in total. The molecule has 0 fully saturated rings. The van der Waals surface area contributed by atoms with Crippen molar-refractivity contribution in [3.8, 4) is 0 Å². The molecule has 0 unspecified atom stereocenters. The first-order valence-corrected chi connectivity index (χ1v) is 7.05. The highest BCUT2D eigenvalue weighted by molar-refractivity contribution is 8.76. The molecule has 0 aliphatic rings. The van der Waals surface area contributed by atoms with E-state index < -0.39 is 10.1 Å². The van der Waals surface area contributed by atoms with E-state index in [-0.39, 0.29) is 5.75 Å². The highest BCUT2D eigenvalue weighted by atomic mass is 33.1. The standard InChI is InChI=1S/C4H11NO3S3/c5-1-2-9-10-3-4-11(6,7)8/h1-5H2,(H,6,7,8). The number of nitrogens with two attached hydrogens (primary N) is 1. The van der Waals surface area contributed by atoms with Gasteiger partial charge in [0.15, 0.2) is 0 Å². The van der Waals surface area contributed by atoms with Crippen LogP contribution in [0, 0.1) is 0 Å². The predicted octanol–water partition coefficient (Wildman–Crippen LogP) is 0.214. The van der Waals surface area contributed by atoms with Crippen LogP contribution in [0.5, 0.6) is 0 Å². The van der Waals surface area contributed by atoms with Crippen molar-refractivity contribution in [2.45, 2.75) is 0 Å². The first-order chi connectivity index (χ1) is 5.06. The summed E-state index contributed by atoms with van der Waals surface area (Å²) in [5.74, 6) is 1.02. The van der Waals surface area contributed by atoms with Crippen LogP contribution >= 0.6 is 21.6 Å². The summed E-state index contributed by atoms with van der Waals surface area (Å²) in [5.41, 5.74) is 5.19. The molecular formula is C4H11NO3S3. The quantitative estimate of drug-likeness (QED) is 0.376. The minimum Gasteiger partial charge on any atom is -0.330 e. The van der Waals surface area contributed by atoms with E-state index in [1.807, 2.05) is 0 Å². The largest absolute Gasteiger partial charge is 0.330 e. The van der Waals surface area contributed by atoms with E-state index in [0.717, 1.165) is 5.75 Å². The Hall–Kier alpha value is 0.570. The summed E-state index contributed by atoms with van der Waals surface area (Å²) in [6, 6.07) is 0. The van der Waals surface area contributed by atoms with Gasteiger partial charge in [0, 0.05) is 18.1 Å². The van der Waals surface area contributed by atoms with Crippen molar-refractivity contribution in [3.05, 3.63) is 0 Å². The van der Waals surface area contributed by atoms with E-state index in [9.17, 15) is 8.42 Å². The van der Waals surface area contributed by atoms with Crippen molar-refractivity contribution < 1.29 is 13.0 Å². The van der Waals surface area contributed by atoms with Crippen LogP contribution in [0.2, 0.25) is 0 Å². The lowest BCUT2D eigenvalue weighted by Gasteiger charge is -1.96. The SMILES string of the molecule is NCCSSCCS(=O)(=O)O. The van der Waals surface area contributed by atoms with E-state index in [4.69, 9.17) is 10.3 Å². The van der Waals surface area contributed by atoms with Gasteiger partial charge in [-0.1, -0.05) is 21.6 Å². The van der Waals surface area contributed by atoms with Crippen molar-refractivity contribution in [1.29, 1.82) is 0 Å². The second-order valence-electron chi connectivity index (χ2n) is 1.72. The van der Waals surface area contributed by atoms with Gasteiger partial charge in [-0.05, 0) is 0 Å². The highest BCUT2D eigenvalue weighted by Gasteiger charge is 2.02. The fourth-order valence-electron chi connectivity index (χ4n) is 0.305. The summed E-state index contributed by atoms with van der Waals surface area (Å²) in [5, 5.41) is 0. The lowest BCUT2D eigenvalue weighted by Crippen LogP contribution is -2.05. The maximum absolute atomic E-state index is 10.2. The van der Waals surface area contributed by atoms with Gasteiger partial charge in [0.25, 0.3) is 10.1 Å². The van der Waals surface area contributed by atoms with Crippen molar-refractivity contribution in [2.24, 2.45) is 5.73 Å². The molecule has 0 atom stereocenters. The molecule has 0 heterocycles. The van der Waals surface area contributed by atoms with Crippen LogP contribution in [0.4, 0.5) is 0 Å². The van der Waals surface area contributed by atoms with Gasteiger partial charge >= 0.3 is 0 Å². The molecule has 68 valence electrons. The second-order valence-corrected chi connectivity index (χ2v) is 5.99. The van der Waals surface area contributed by atoms with E-state index in [1.165, 1.54) is 21.6 Å². The molecule has 0 aliphatic carbocycles. The summed E-state index contributed by atoms with van der Waals surface area (Å²) >= 11 is 0. The van der Waals surface area contributed by atoms with Crippen molar-refractivity contribution in [3.63, 3.8) is 0 Å². The third kappa shape index (κ3) is 10.6. The normalized spacial score (nSPS) is 11.8. The van der Waals surface area contributed by atoms with Crippen LogP contribution in [0.25, 0.3) is 0 Å². The predicted molar refractivity (Wildman–Crippen MR) is 50.4 cm³/mol. The van der Waals surface area contributed by atoms with Gasteiger partial charge in [0.1, 0.15) is 0 Å². The fourth-order valence-corrected chi connectivity index (χ4v) is 3.36. The fraction of sp³-hybridized carbons (Fsp3) is 1.00. The average Bonchev–Trinajstić information content (AvgIpc) is 1.85. The van der Waals surface area contributed by atoms with Gasteiger partial charge in [-0.15, -0.1) is 0 Å². The molecule has 7 heteroatoms. The summed E-state index contributed by atoms with van der Waals surface area (Å²) in [6.45, 7) is 0.587. The summed E-state index contributed by atoms with van der Waals surface area (Å²) < 4.78 is 28.6. The Labute approximate surface area is 74.4 Å². The van der Waals surface area contributed by atoms with Crippen LogP contribution in [0.1, 0.15) is 0 Å². The van der Waals surface area contributed by atoms with Crippen LogP contribution in [0.15, 0.2) is 0 Å². The number of hydrogen-bond acceptors (Lipinski definition) is 5. The minimum atomic E-state index is -3.78. The Morgan fingerprint density at radius 3 is 2.27 bits per heavy atom. The Kier molecular flexibility index (Phi) is 6.44. The smallest absolute Gasteiger partial charge is 0.265 e. The van der Waals surface area contributed by atoms with Crippen LogP contribution in [0.3, 0.4) is 0 Å². The molecule has 0 saturated heterocycles. The Balaban J connectivity index is 3.16. The van der Waals surface area contributed by atoms with Crippen molar-refractivity contribution in [2.75, 3.05) is 23.8 Å². The molecular weight excluding hydrogens is 206 g/mol. The first-order valence-electron chi connectivity index (χ1n) is 2.96. The minimum absolute atomic E-state index is 0.185. The third-order valence-corrected chi connectivity index (χ3v) is 4.13. The Bertz CT molecular complexity index is 179. The molecule has 0 spiro atoms. The highest BCUT2D eigenvalue weighted by Crippen LogP contribution is 2.19. The van der Waals surface area contributed by atoms with E-state index in [0.29, 0.717) is 12.3 Å². The lowest BCUT2D eigenvalue weighted by atomic mass is 10.8. The molecule has 0 aromatic heterocycles. The Morgan fingerprint density at radius 2 is 1.82 bits per heavy atom. The van der Waals surface area contributed by atoms with Crippen LogP contribution in [-0.4, -0.2) is 36.8 Å². The second kappa shape index (κ2) is 6.13. The van der Waals surface area contributed by atoms with Crippen molar-refractivity contribution >= 4 is 31.7 Å². The summed E-state index contributed by atoms with van der Waals surface area (Å²) in [7, 11) is -0.864. The Morgan fingerprint density at radius 1 is 1.27 bits per heavy atom. The summed E-state index contributed by atoms with van der Waals surface area (Å²) in [6.07, 6.45) is 0. The molecule has 11 heavy (non-hydrogen) atoms. The molecule has 0 radical (unpaired) electrons. The van der Waals surface area contributed by atoms with E-state index in [2.05, 4.69) is 0 Å². The zero-order valence-electron chi connectivity index (χ0n) is 5.89. The van der Waals surface area contributed by atoms with Crippen molar-refractivity contribution in [1.82, 2.24) is 0 Å². The van der Waals surface area contributed by atoms with Gasteiger partial charge in [0.05, 0.1) is 5.75 Å². The zero-order chi connectivity index (χ0) is 8.74. The lowest BCUT2D eigenvalue weighted by molar-refractivity contribution is 0.485. The molecule has 0 rings (SSSR count). The van der Waals surface area contributed by atoms with Gasteiger partial charge < -0.3 is 5.73 Å². The van der Waals surface area contributed by atoms with E-state index in [1.54, 1.807) is 0 Å². The van der Waals surface area contributed by atoms with Gasteiger partial charge in [-0.2, -0.15) is 8.42 Å². The number of hydrogen-bond donors (Lipinski definition) is 2. The summed E-state index contributed by atoms with van der Waals surface area (Å²) in [4.78, 5) is 0. The molecule has 0 saturated carbocycles.